The van der Waals surface area contributed by atoms with Crippen molar-refractivity contribution < 1.29 is 9.18 Å². The number of nitrogens with two attached hydrogens (primary N) is 1. The minimum Gasteiger partial charge on any atom is -0.338 e. The summed E-state index contributed by atoms with van der Waals surface area (Å²) in [4.78, 5) is 15.0. The molecule has 0 spiro atoms. The summed E-state index contributed by atoms with van der Waals surface area (Å²) >= 11 is 0. The minimum absolute atomic E-state index is 0.0483. The van der Waals surface area contributed by atoms with Gasteiger partial charge < -0.3 is 10.6 Å². The maximum absolute atomic E-state index is 13.2. The van der Waals surface area contributed by atoms with E-state index < -0.39 is 0 Å². The Bertz CT molecular complexity index is 951. The van der Waals surface area contributed by atoms with Gasteiger partial charge in [0.1, 0.15) is 5.82 Å². The maximum Gasteiger partial charge on any atom is 0.227 e. The number of aryl methyl sites for hydroxylation is 1. The Balaban J connectivity index is 1.81. The van der Waals surface area contributed by atoms with Crippen molar-refractivity contribution in [1.29, 1.82) is 0 Å². The van der Waals surface area contributed by atoms with Gasteiger partial charge in [-0.25, -0.2) is 9.07 Å². The number of hydrogen-bond donors (Lipinski definition) is 1. The zero-order valence-corrected chi connectivity index (χ0v) is 16.9. The zero-order valence-electron chi connectivity index (χ0n) is 16.9. The Hall–Kier alpha value is -2.99. The van der Waals surface area contributed by atoms with Crippen LogP contribution in [0.25, 0.3) is 5.69 Å². The first-order valence-corrected chi connectivity index (χ1v) is 9.82. The number of carbonyl (C=O) groups excluding carboxylic acids is 1. The third-order valence-corrected chi connectivity index (χ3v) is 5.04. The Kier molecular flexibility index (Phi) is 6.77. The predicted molar refractivity (Wildman–Crippen MR) is 112 cm³/mol. The topological polar surface area (TPSA) is 64.2 Å². The van der Waals surface area contributed by atoms with Gasteiger partial charge in [-0.1, -0.05) is 30.3 Å². The molecule has 0 fully saturated rings. The Morgan fingerprint density at radius 2 is 1.79 bits per heavy atom. The summed E-state index contributed by atoms with van der Waals surface area (Å²) in [5.74, 6) is -0.241. The second-order valence-electron chi connectivity index (χ2n) is 7.16. The van der Waals surface area contributed by atoms with Gasteiger partial charge in [0.25, 0.3) is 0 Å². The van der Waals surface area contributed by atoms with E-state index in [0.29, 0.717) is 19.6 Å². The molecule has 0 unspecified atom stereocenters. The highest BCUT2D eigenvalue weighted by Crippen LogP contribution is 2.20. The third kappa shape index (κ3) is 5.09. The second kappa shape index (κ2) is 9.47. The number of nitrogens with zero attached hydrogens (tertiary/aromatic N) is 3. The summed E-state index contributed by atoms with van der Waals surface area (Å²) in [5, 5.41) is 4.57. The lowest BCUT2D eigenvalue weighted by atomic mass is 10.1. The lowest BCUT2D eigenvalue weighted by Gasteiger charge is -2.23. The average Bonchev–Trinajstić information content (AvgIpc) is 3.00. The van der Waals surface area contributed by atoms with Crippen LogP contribution in [-0.4, -0.2) is 33.7 Å². The molecular formula is C23H27FN4O. The van der Waals surface area contributed by atoms with Gasteiger partial charge >= 0.3 is 0 Å². The van der Waals surface area contributed by atoms with Crippen LogP contribution in [0.4, 0.5) is 4.39 Å². The van der Waals surface area contributed by atoms with Gasteiger partial charge in [0.05, 0.1) is 17.8 Å². The van der Waals surface area contributed by atoms with Crippen molar-refractivity contribution >= 4 is 5.91 Å². The third-order valence-electron chi connectivity index (χ3n) is 5.04. The van der Waals surface area contributed by atoms with E-state index in [4.69, 9.17) is 5.73 Å². The predicted octanol–water partition coefficient (Wildman–Crippen LogP) is 3.55. The molecule has 1 amide bonds. The van der Waals surface area contributed by atoms with Gasteiger partial charge in [-0.3, -0.25) is 4.79 Å². The largest absolute Gasteiger partial charge is 0.338 e. The van der Waals surface area contributed by atoms with Gasteiger partial charge in [0, 0.05) is 24.3 Å². The van der Waals surface area contributed by atoms with Crippen LogP contribution < -0.4 is 5.73 Å². The van der Waals surface area contributed by atoms with E-state index in [1.165, 1.54) is 12.1 Å². The first-order chi connectivity index (χ1) is 14.0. The van der Waals surface area contributed by atoms with E-state index in [9.17, 15) is 9.18 Å². The summed E-state index contributed by atoms with van der Waals surface area (Å²) in [7, 11) is 0. The van der Waals surface area contributed by atoms with Gasteiger partial charge in [-0.05, 0) is 56.6 Å². The number of amides is 1. The van der Waals surface area contributed by atoms with Crippen molar-refractivity contribution in [2.45, 2.75) is 33.2 Å². The van der Waals surface area contributed by atoms with E-state index in [-0.39, 0.29) is 18.1 Å². The molecule has 152 valence electrons. The molecule has 0 aliphatic heterocycles. The van der Waals surface area contributed by atoms with Crippen molar-refractivity contribution in [3.05, 3.63) is 82.9 Å². The highest BCUT2D eigenvalue weighted by Gasteiger charge is 2.20. The highest BCUT2D eigenvalue weighted by molar-refractivity contribution is 5.79. The molecule has 2 N–H and O–H groups in total. The van der Waals surface area contributed by atoms with Gasteiger partial charge in [0.2, 0.25) is 5.91 Å². The molecule has 3 aromatic rings. The number of hydrogen-bond acceptors (Lipinski definition) is 3. The molecule has 29 heavy (non-hydrogen) atoms. The fraction of sp³-hybridized carbons (Fsp3) is 0.304. The maximum atomic E-state index is 13.2. The van der Waals surface area contributed by atoms with Crippen LogP contribution in [0.1, 0.15) is 28.9 Å². The molecule has 0 bridgehead atoms. The quantitative estimate of drug-likeness (QED) is 0.635. The van der Waals surface area contributed by atoms with Crippen LogP contribution in [0.3, 0.4) is 0 Å². The fourth-order valence-electron chi connectivity index (χ4n) is 3.41. The van der Waals surface area contributed by atoms with Crippen LogP contribution in [0.5, 0.6) is 0 Å². The van der Waals surface area contributed by atoms with E-state index in [1.54, 1.807) is 16.8 Å². The molecule has 0 aliphatic rings. The summed E-state index contributed by atoms with van der Waals surface area (Å²) < 4.78 is 15.0. The van der Waals surface area contributed by atoms with Crippen molar-refractivity contribution in [3.8, 4) is 5.69 Å². The van der Waals surface area contributed by atoms with Crippen LogP contribution in [0.2, 0.25) is 0 Å². The van der Waals surface area contributed by atoms with E-state index in [1.807, 2.05) is 49.1 Å². The average molecular weight is 394 g/mol. The Morgan fingerprint density at radius 3 is 2.45 bits per heavy atom. The molecule has 1 aromatic heterocycles. The highest BCUT2D eigenvalue weighted by atomic mass is 19.1. The summed E-state index contributed by atoms with van der Waals surface area (Å²) in [6.45, 7) is 5.56. The zero-order chi connectivity index (χ0) is 20.8. The van der Waals surface area contributed by atoms with Gasteiger partial charge in [-0.15, -0.1) is 0 Å². The van der Waals surface area contributed by atoms with Crippen molar-refractivity contribution in [1.82, 2.24) is 14.7 Å². The number of halogens is 1. The standard InChI is InChI=1S/C23H27FN4O/c1-17-22(18(2)28(26-17)21-11-9-20(24)10-12-21)15-23(29)27(14-6-13-25)16-19-7-4-3-5-8-19/h3-5,7-12H,6,13-16,25H2,1-2H3. The van der Waals surface area contributed by atoms with Crippen LogP contribution in [0.15, 0.2) is 54.6 Å². The number of rotatable bonds is 8. The molecule has 6 heteroatoms. The van der Waals surface area contributed by atoms with Crippen LogP contribution in [0, 0.1) is 19.7 Å². The molecule has 0 saturated carbocycles. The Labute approximate surface area is 170 Å². The number of aromatic nitrogens is 2. The van der Waals surface area contributed by atoms with Crippen LogP contribution >= 0.6 is 0 Å². The first-order valence-electron chi connectivity index (χ1n) is 9.82. The molecule has 0 saturated heterocycles. The lowest BCUT2D eigenvalue weighted by Crippen LogP contribution is -2.34. The van der Waals surface area contributed by atoms with Crippen LogP contribution in [-0.2, 0) is 17.8 Å². The number of benzene rings is 2. The fourth-order valence-corrected chi connectivity index (χ4v) is 3.41. The molecule has 0 atom stereocenters. The summed E-state index contributed by atoms with van der Waals surface area (Å²) in [6, 6.07) is 16.1. The summed E-state index contributed by atoms with van der Waals surface area (Å²) in [5.41, 5.74) is 10.1. The van der Waals surface area contributed by atoms with Gasteiger partial charge in [0.15, 0.2) is 0 Å². The van der Waals surface area contributed by atoms with Crippen molar-refractivity contribution in [2.24, 2.45) is 5.73 Å². The molecule has 1 heterocycles. The lowest BCUT2D eigenvalue weighted by molar-refractivity contribution is -0.131. The monoisotopic (exact) mass is 394 g/mol. The molecule has 0 aliphatic carbocycles. The molecule has 2 aromatic carbocycles. The Morgan fingerprint density at radius 1 is 1.10 bits per heavy atom. The molecule has 3 rings (SSSR count). The van der Waals surface area contributed by atoms with E-state index in [2.05, 4.69) is 5.10 Å². The molecule has 5 nitrogen and oxygen atoms in total. The van der Waals surface area contributed by atoms with Crippen molar-refractivity contribution in [2.75, 3.05) is 13.1 Å². The SMILES string of the molecule is Cc1nn(-c2ccc(F)cc2)c(C)c1CC(=O)N(CCCN)Cc1ccccc1. The molecular weight excluding hydrogens is 367 g/mol. The summed E-state index contributed by atoms with van der Waals surface area (Å²) in [6.07, 6.45) is 1.03. The smallest absolute Gasteiger partial charge is 0.227 e. The van der Waals surface area contributed by atoms with E-state index in [0.717, 1.165) is 34.6 Å². The molecule has 0 radical (unpaired) electrons. The van der Waals surface area contributed by atoms with Crippen molar-refractivity contribution in [3.63, 3.8) is 0 Å². The van der Waals surface area contributed by atoms with E-state index >= 15 is 0 Å². The second-order valence-corrected chi connectivity index (χ2v) is 7.16. The minimum atomic E-state index is -0.290. The first kappa shape index (κ1) is 20.7. The van der Waals surface area contributed by atoms with Gasteiger partial charge in [-0.2, -0.15) is 5.10 Å². The normalized spacial score (nSPS) is 10.9. The number of carbonyl (C=O) groups is 1.